The average Bonchev–Trinajstić information content (AvgIpc) is 3.21. The predicted molar refractivity (Wildman–Crippen MR) is 84.4 cm³/mol. The van der Waals surface area contributed by atoms with Gasteiger partial charge in [0.1, 0.15) is 5.37 Å². The smallest absolute Gasteiger partial charge is 0.275 e. The van der Waals surface area contributed by atoms with Crippen molar-refractivity contribution < 1.29 is 9.72 Å². The maximum Gasteiger partial charge on any atom is 0.275 e. The first-order chi connectivity index (χ1) is 10.6. The lowest BCUT2D eigenvalue weighted by molar-refractivity contribution is -0.385. The molecule has 116 valence electrons. The molecule has 3 aliphatic rings. The molecule has 0 aromatic heterocycles. The molecule has 1 aliphatic heterocycles. The second-order valence-electron chi connectivity index (χ2n) is 6.52. The molecule has 6 heteroatoms. The zero-order valence-electron chi connectivity index (χ0n) is 12.2. The summed E-state index contributed by atoms with van der Waals surface area (Å²) in [6, 6.07) is 7.13. The van der Waals surface area contributed by atoms with Crippen molar-refractivity contribution in [2.24, 2.45) is 11.8 Å². The van der Waals surface area contributed by atoms with Crippen molar-refractivity contribution >= 4 is 23.4 Å². The van der Waals surface area contributed by atoms with Crippen LogP contribution in [0.5, 0.6) is 0 Å². The number of thioether (sulfide) groups is 1. The van der Waals surface area contributed by atoms with Gasteiger partial charge in [-0.1, -0.05) is 18.6 Å². The molecule has 4 atom stereocenters. The van der Waals surface area contributed by atoms with E-state index in [1.807, 2.05) is 11.0 Å². The highest BCUT2D eigenvalue weighted by atomic mass is 32.2. The lowest BCUT2D eigenvalue weighted by Gasteiger charge is -2.35. The second-order valence-corrected chi connectivity index (χ2v) is 7.59. The van der Waals surface area contributed by atoms with Crippen LogP contribution in [-0.2, 0) is 4.79 Å². The maximum atomic E-state index is 12.4. The quantitative estimate of drug-likeness (QED) is 0.633. The first kappa shape index (κ1) is 14.1. The van der Waals surface area contributed by atoms with Gasteiger partial charge in [0, 0.05) is 12.1 Å². The summed E-state index contributed by atoms with van der Waals surface area (Å²) in [7, 11) is 0. The number of benzene rings is 1. The minimum absolute atomic E-state index is 0.128. The third-order valence-electron chi connectivity index (χ3n) is 5.36. The Labute approximate surface area is 133 Å². The zero-order chi connectivity index (χ0) is 15.3. The Balaban J connectivity index is 1.69. The van der Waals surface area contributed by atoms with E-state index in [1.54, 1.807) is 12.1 Å². The fourth-order valence-electron chi connectivity index (χ4n) is 4.45. The topological polar surface area (TPSA) is 63.4 Å². The Kier molecular flexibility index (Phi) is 3.36. The summed E-state index contributed by atoms with van der Waals surface area (Å²) in [6.07, 6.45) is 4.79. The number of para-hydroxylation sites is 1. The van der Waals surface area contributed by atoms with Gasteiger partial charge in [0.05, 0.1) is 16.2 Å². The Morgan fingerprint density at radius 1 is 1.23 bits per heavy atom. The van der Waals surface area contributed by atoms with Crippen LogP contribution in [0.3, 0.4) is 0 Å². The van der Waals surface area contributed by atoms with E-state index in [9.17, 15) is 14.9 Å². The monoisotopic (exact) mass is 318 g/mol. The third kappa shape index (κ3) is 2.12. The van der Waals surface area contributed by atoms with Gasteiger partial charge >= 0.3 is 0 Å². The molecule has 4 unspecified atom stereocenters. The third-order valence-corrected chi connectivity index (χ3v) is 6.57. The molecule has 4 rings (SSSR count). The molecule has 2 bridgehead atoms. The summed E-state index contributed by atoms with van der Waals surface area (Å²) in [5.74, 6) is 1.92. The summed E-state index contributed by atoms with van der Waals surface area (Å²) < 4.78 is 0. The molecule has 1 saturated heterocycles. The van der Waals surface area contributed by atoms with Crippen molar-refractivity contribution in [1.29, 1.82) is 0 Å². The van der Waals surface area contributed by atoms with Gasteiger partial charge in [-0.15, -0.1) is 11.8 Å². The minimum atomic E-state index is -0.336. The predicted octanol–water partition coefficient (Wildman–Crippen LogP) is 3.36. The molecule has 3 fully saturated rings. The fourth-order valence-corrected chi connectivity index (χ4v) is 5.71. The van der Waals surface area contributed by atoms with E-state index < -0.39 is 0 Å². The number of nitro groups is 1. The molecule has 1 amide bonds. The minimum Gasteiger partial charge on any atom is -0.322 e. The van der Waals surface area contributed by atoms with Crippen molar-refractivity contribution in [2.45, 2.75) is 37.1 Å². The van der Waals surface area contributed by atoms with Gasteiger partial charge < -0.3 is 4.90 Å². The number of carbonyl (C=O) groups is 1. The van der Waals surface area contributed by atoms with Crippen LogP contribution in [0.1, 0.15) is 36.6 Å². The van der Waals surface area contributed by atoms with Crippen LogP contribution in [-0.4, -0.2) is 27.5 Å². The first-order valence-corrected chi connectivity index (χ1v) is 8.86. The highest BCUT2D eigenvalue weighted by Gasteiger charge is 2.49. The second kappa shape index (κ2) is 5.26. The molecular formula is C16H18N2O3S. The molecule has 2 saturated carbocycles. The van der Waals surface area contributed by atoms with Crippen LogP contribution in [0.25, 0.3) is 0 Å². The van der Waals surface area contributed by atoms with Crippen LogP contribution < -0.4 is 0 Å². The van der Waals surface area contributed by atoms with Gasteiger partial charge in [-0.25, -0.2) is 0 Å². The van der Waals surface area contributed by atoms with Gasteiger partial charge in [0.25, 0.3) is 5.69 Å². The van der Waals surface area contributed by atoms with E-state index in [0.717, 1.165) is 12.3 Å². The number of carbonyl (C=O) groups excluding carboxylic acids is 1. The van der Waals surface area contributed by atoms with E-state index in [2.05, 4.69) is 0 Å². The molecule has 22 heavy (non-hydrogen) atoms. The number of amides is 1. The fraction of sp³-hybridized carbons (Fsp3) is 0.562. The van der Waals surface area contributed by atoms with Crippen molar-refractivity contribution in [3.05, 3.63) is 39.9 Å². The molecule has 1 aromatic carbocycles. The molecule has 5 nitrogen and oxygen atoms in total. The van der Waals surface area contributed by atoms with Crippen LogP contribution >= 0.6 is 11.8 Å². The van der Waals surface area contributed by atoms with E-state index >= 15 is 0 Å². The van der Waals surface area contributed by atoms with E-state index in [4.69, 9.17) is 0 Å². The van der Waals surface area contributed by atoms with Gasteiger partial charge in [-0.3, -0.25) is 14.9 Å². The number of hydrogen-bond donors (Lipinski definition) is 0. The Bertz CT molecular complexity index is 636. The number of nitrogens with zero attached hydrogens (tertiary/aromatic N) is 2. The van der Waals surface area contributed by atoms with Gasteiger partial charge in [0.2, 0.25) is 5.91 Å². The standard InChI is InChI=1S/C16H18N2O3S/c19-15-9-22-16(12-3-1-2-4-13(12)18(20)21)17(15)14-8-10-5-6-11(14)7-10/h1-4,10-11,14,16H,5-9H2. The average molecular weight is 318 g/mol. The maximum absolute atomic E-state index is 12.4. The normalized spacial score (nSPS) is 33.6. The summed E-state index contributed by atoms with van der Waals surface area (Å²) in [5, 5.41) is 11.1. The highest BCUT2D eigenvalue weighted by Crippen LogP contribution is 2.52. The van der Waals surface area contributed by atoms with Crippen molar-refractivity contribution in [3.63, 3.8) is 0 Å². The molecule has 0 N–H and O–H groups in total. The summed E-state index contributed by atoms with van der Waals surface area (Å²) in [4.78, 5) is 25.4. The molecule has 0 radical (unpaired) electrons. The first-order valence-electron chi connectivity index (χ1n) is 7.81. The Morgan fingerprint density at radius 3 is 2.73 bits per heavy atom. The van der Waals surface area contributed by atoms with E-state index in [0.29, 0.717) is 17.2 Å². The van der Waals surface area contributed by atoms with Gasteiger partial charge in [-0.05, 0) is 37.2 Å². The van der Waals surface area contributed by atoms with Crippen LogP contribution in [0.15, 0.2) is 24.3 Å². The highest BCUT2D eigenvalue weighted by molar-refractivity contribution is 8.00. The van der Waals surface area contributed by atoms with Gasteiger partial charge in [0.15, 0.2) is 0 Å². The number of nitro benzene ring substituents is 1. The summed E-state index contributed by atoms with van der Waals surface area (Å²) >= 11 is 1.53. The SMILES string of the molecule is O=C1CSC(c2ccccc2[N+](=O)[O-])N1C1CC2CCC1C2. The molecule has 1 aromatic rings. The van der Waals surface area contributed by atoms with Crippen molar-refractivity contribution in [3.8, 4) is 0 Å². The number of hydrogen-bond acceptors (Lipinski definition) is 4. The summed E-state index contributed by atoms with van der Waals surface area (Å²) in [6.45, 7) is 0. The van der Waals surface area contributed by atoms with E-state index in [-0.39, 0.29) is 27.9 Å². The molecule has 2 aliphatic carbocycles. The Morgan fingerprint density at radius 2 is 2.05 bits per heavy atom. The molecule has 1 heterocycles. The Hall–Kier alpha value is -1.56. The van der Waals surface area contributed by atoms with Crippen LogP contribution in [0.2, 0.25) is 0 Å². The zero-order valence-corrected chi connectivity index (χ0v) is 13.0. The van der Waals surface area contributed by atoms with Gasteiger partial charge in [-0.2, -0.15) is 0 Å². The molecular weight excluding hydrogens is 300 g/mol. The number of rotatable bonds is 3. The van der Waals surface area contributed by atoms with Crippen LogP contribution in [0.4, 0.5) is 5.69 Å². The summed E-state index contributed by atoms with van der Waals surface area (Å²) in [5.41, 5.74) is 0.800. The lowest BCUT2D eigenvalue weighted by Crippen LogP contribution is -2.41. The number of fused-ring (bicyclic) bond motifs is 2. The lowest BCUT2D eigenvalue weighted by atomic mass is 9.93. The van der Waals surface area contributed by atoms with Crippen LogP contribution in [0, 0.1) is 22.0 Å². The largest absolute Gasteiger partial charge is 0.322 e. The van der Waals surface area contributed by atoms with Crippen molar-refractivity contribution in [1.82, 2.24) is 4.90 Å². The molecule has 0 spiro atoms. The van der Waals surface area contributed by atoms with E-state index in [1.165, 1.54) is 37.1 Å². The van der Waals surface area contributed by atoms with Crippen molar-refractivity contribution in [2.75, 3.05) is 5.75 Å².